The van der Waals surface area contributed by atoms with Crippen molar-refractivity contribution in [2.75, 3.05) is 84.1 Å². The number of urea groups is 1. The zero-order chi connectivity index (χ0) is 24.3. The molecule has 10 nitrogen and oxygen atoms in total. The molecule has 2 fully saturated rings. The predicted molar refractivity (Wildman–Crippen MR) is 135 cm³/mol. The summed E-state index contributed by atoms with van der Waals surface area (Å²) in [5.41, 5.74) is 0. The van der Waals surface area contributed by atoms with Crippen LogP contribution < -0.4 is 16.0 Å². The van der Waals surface area contributed by atoms with Crippen molar-refractivity contribution in [1.29, 1.82) is 0 Å². The van der Waals surface area contributed by atoms with Gasteiger partial charge in [0.2, 0.25) is 5.91 Å². The predicted octanol–water partition coefficient (Wildman–Crippen LogP) is 0.841. The van der Waals surface area contributed by atoms with Gasteiger partial charge < -0.3 is 39.6 Å². The van der Waals surface area contributed by atoms with E-state index in [1.807, 2.05) is 11.8 Å². The van der Waals surface area contributed by atoms with Crippen molar-refractivity contribution in [2.24, 2.45) is 0 Å². The summed E-state index contributed by atoms with van der Waals surface area (Å²) in [6.45, 7) is 5.82. The van der Waals surface area contributed by atoms with E-state index in [1.165, 1.54) is 0 Å². The Morgan fingerprint density at radius 3 is 2.09 bits per heavy atom. The summed E-state index contributed by atoms with van der Waals surface area (Å²) in [6.07, 6.45) is 3.39. The van der Waals surface area contributed by atoms with Gasteiger partial charge in [-0.25, -0.2) is 4.79 Å². The normalized spacial score (nSPS) is 21.3. The first-order chi connectivity index (χ1) is 16.7. The largest absolute Gasteiger partial charge is 0.378 e. The number of thiol groups is 1. The van der Waals surface area contributed by atoms with Crippen molar-refractivity contribution in [3.63, 3.8) is 0 Å². The van der Waals surface area contributed by atoms with Crippen LogP contribution >= 0.6 is 24.4 Å². The fourth-order valence-electron chi connectivity index (χ4n) is 3.67. The molecule has 2 aliphatic heterocycles. The van der Waals surface area contributed by atoms with E-state index in [1.54, 1.807) is 0 Å². The van der Waals surface area contributed by atoms with Crippen molar-refractivity contribution < 1.29 is 33.3 Å². The minimum Gasteiger partial charge on any atom is -0.378 e. The molecule has 3 unspecified atom stereocenters. The maximum atomic E-state index is 11.9. The SMILES string of the molecule is O=C(CCCCC1SCC2NC(=O)NC21)NCCOCCOCCOCCOCCOCCS. The van der Waals surface area contributed by atoms with Crippen molar-refractivity contribution in [3.8, 4) is 0 Å². The lowest BCUT2D eigenvalue weighted by atomic mass is 10.0. The lowest BCUT2D eigenvalue weighted by Crippen LogP contribution is -2.36. The zero-order valence-corrected chi connectivity index (χ0v) is 21.7. The van der Waals surface area contributed by atoms with Crippen LogP contribution in [-0.4, -0.2) is 113 Å². The van der Waals surface area contributed by atoms with Crippen molar-refractivity contribution in [1.82, 2.24) is 16.0 Å². The minimum absolute atomic E-state index is 0.0537. The summed E-state index contributed by atoms with van der Waals surface area (Å²) in [5, 5.41) is 9.28. The third-order valence-electron chi connectivity index (χ3n) is 5.37. The summed E-state index contributed by atoms with van der Waals surface area (Å²) < 4.78 is 26.9. The summed E-state index contributed by atoms with van der Waals surface area (Å²) in [5.74, 6) is 1.74. The standard InChI is InChI=1S/C22H41N3O7S2/c26-20(4-2-1-3-19-21-18(17-34-19)24-22(27)25-21)23-5-6-28-7-8-29-9-10-30-11-12-31-13-14-32-15-16-33/h18-19,21,33H,1-17H2,(H,23,26)(H2,24,25,27). The van der Waals surface area contributed by atoms with Gasteiger partial charge in [-0.2, -0.15) is 24.4 Å². The van der Waals surface area contributed by atoms with Gasteiger partial charge in [0.05, 0.1) is 78.2 Å². The molecule has 2 saturated heterocycles. The Balaban J connectivity index is 1.26. The number of amides is 3. The van der Waals surface area contributed by atoms with Crippen molar-refractivity contribution >= 4 is 36.3 Å². The van der Waals surface area contributed by atoms with Gasteiger partial charge in [-0.15, -0.1) is 0 Å². The number of ether oxygens (including phenoxy) is 5. The van der Waals surface area contributed by atoms with Gasteiger partial charge in [0, 0.05) is 29.7 Å². The van der Waals surface area contributed by atoms with Gasteiger partial charge in [0.25, 0.3) is 0 Å². The number of rotatable bonds is 22. The number of hydrogen-bond donors (Lipinski definition) is 4. The first-order valence-electron chi connectivity index (χ1n) is 12.2. The topological polar surface area (TPSA) is 116 Å². The number of nitrogens with one attached hydrogen (secondary N) is 3. The first-order valence-corrected chi connectivity index (χ1v) is 13.8. The Hall–Kier alpha value is -0.760. The fourth-order valence-corrected chi connectivity index (χ4v) is 5.34. The van der Waals surface area contributed by atoms with E-state index in [2.05, 4.69) is 28.6 Å². The Kier molecular flexibility index (Phi) is 16.8. The summed E-state index contributed by atoms with van der Waals surface area (Å²) in [4.78, 5) is 23.3. The highest BCUT2D eigenvalue weighted by atomic mass is 32.2. The Bertz CT molecular complexity index is 563. The average Bonchev–Trinajstić information content (AvgIpc) is 3.38. The molecular formula is C22H41N3O7S2. The van der Waals surface area contributed by atoms with Gasteiger partial charge in [-0.05, 0) is 12.8 Å². The van der Waals surface area contributed by atoms with Crippen LogP contribution in [0.3, 0.4) is 0 Å². The molecule has 0 bridgehead atoms. The average molecular weight is 524 g/mol. The number of carbonyl (C=O) groups excluding carboxylic acids is 2. The summed E-state index contributed by atoms with van der Waals surface area (Å²) in [7, 11) is 0. The number of fused-ring (bicyclic) bond motifs is 1. The van der Waals surface area contributed by atoms with Crippen LogP contribution in [0.4, 0.5) is 4.79 Å². The van der Waals surface area contributed by atoms with E-state index in [4.69, 9.17) is 23.7 Å². The molecule has 0 aliphatic carbocycles. The molecule has 0 aromatic carbocycles. The lowest BCUT2D eigenvalue weighted by molar-refractivity contribution is -0.121. The molecule has 0 radical (unpaired) electrons. The van der Waals surface area contributed by atoms with Crippen LogP contribution in [-0.2, 0) is 28.5 Å². The molecule has 0 saturated carbocycles. The second-order valence-corrected chi connectivity index (χ2v) is 9.72. The number of carbonyl (C=O) groups is 2. The summed E-state index contributed by atoms with van der Waals surface area (Å²) in [6, 6.07) is 0.439. The van der Waals surface area contributed by atoms with Crippen LogP contribution in [0.25, 0.3) is 0 Å². The highest BCUT2D eigenvalue weighted by Gasteiger charge is 2.42. The Morgan fingerprint density at radius 2 is 1.47 bits per heavy atom. The minimum atomic E-state index is -0.0537. The molecule has 2 heterocycles. The van der Waals surface area contributed by atoms with E-state index < -0.39 is 0 Å². The van der Waals surface area contributed by atoms with Crippen LogP contribution in [0.5, 0.6) is 0 Å². The molecule has 2 rings (SSSR count). The smallest absolute Gasteiger partial charge is 0.315 e. The summed E-state index contributed by atoms with van der Waals surface area (Å²) >= 11 is 5.96. The lowest BCUT2D eigenvalue weighted by Gasteiger charge is -2.16. The molecule has 0 aromatic rings. The quantitative estimate of drug-likeness (QED) is 0.0938. The number of hydrogen-bond acceptors (Lipinski definition) is 9. The number of unbranched alkanes of at least 4 members (excludes halogenated alkanes) is 1. The highest BCUT2D eigenvalue weighted by Crippen LogP contribution is 2.33. The van der Waals surface area contributed by atoms with Gasteiger partial charge in [0.1, 0.15) is 0 Å². The Morgan fingerprint density at radius 1 is 0.882 bits per heavy atom. The molecule has 3 N–H and O–H groups in total. The highest BCUT2D eigenvalue weighted by molar-refractivity contribution is 8.00. The zero-order valence-electron chi connectivity index (χ0n) is 20.0. The van der Waals surface area contributed by atoms with Crippen LogP contribution in [0.2, 0.25) is 0 Å². The van der Waals surface area contributed by atoms with Crippen LogP contribution in [0, 0.1) is 0 Å². The molecule has 0 aromatic heterocycles. The van der Waals surface area contributed by atoms with Gasteiger partial charge in [-0.3, -0.25) is 4.79 Å². The van der Waals surface area contributed by atoms with E-state index >= 15 is 0 Å². The van der Waals surface area contributed by atoms with E-state index in [9.17, 15) is 9.59 Å². The molecule has 3 atom stereocenters. The van der Waals surface area contributed by atoms with E-state index in [0.717, 1.165) is 30.8 Å². The molecule has 12 heteroatoms. The third-order valence-corrected chi connectivity index (χ3v) is 7.06. The fraction of sp³-hybridized carbons (Fsp3) is 0.909. The van der Waals surface area contributed by atoms with Crippen molar-refractivity contribution in [3.05, 3.63) is 0 Å². The second kappa shape index (κ2) is 19.4. The van der Waals surface area contributed by atoms with Crippen LogP contribution in [0.15, 0.2) is 0 Å². The van der Waals surface area contributed by atoms with E-state index in [-0.39, 0.29) is 24.0 Å². The monoisotopic (exact) mass is 523 g/mol. The molecule has 3 amide bonds. The molecule has 198 valence electrons. The number of thioether (sulfide) groups is 1. The van der Waals surface area contributed by atoms with Gasteiger partial charge in [0.15, 0.2) is 0 Å². The van der Waals surface area contributed by atoms with Gasteiger partial charge >= 0.3 is 6.03 Å². The Labute approximate surface area is 212 Å². The van der Waals surface area contributed by atoms with Gasteiger partial charge in [-0.1, -0.05) is 6.42 Å². The maximum Gasteiger partial charge on any atom is 0.315 e. The first kappa shape index (κ1) is 29.5. The van der Waals surface area contributed by atoms with E-state index in [0.29, 0.717) is 84.3 Å². The molecule has 2 aliphatic rings. The second-order valence-electron chi connectivity index (χ2n) is 8.00. The molecular weight excluding hydrogens is 482 g/mol. The third kappa shape index (κ3) is 13.4. The molecule has 0 spiro atoms. The maximum absolute atomic E-state index is 11.9. The molecule has 34 heavy (non-hydrogen) atoms. The van der Waals surface area contributed by atoms with Crippen molar-refractivity contribution in [2.45, 2.75) is 43.0 Å². The van der Waals surface area contributed by atoms with Crippen LogP contribution in [0.1, 0.15) is 25.7 Å².